The van der Waals surface area contributed by atoms with Gasteiger partial charge in [-0.1, -0.05) is 19.8 Å². The molecule has 0 aromatic carbocycles. The topological polar surface area (TPSA) is 20.2 Å². The lowest BCUT2D eigenvalue weighted by atomic mass is 9.70. The minimum Gasteiger partial charge on any atom is -0.378 e. The molecule has 1 rings (SSSR count). The summed E-state index contributed by atoms with van der Waals surface area (Å²) in [7, 11) is 0. The van der Waals surface area contributed by atoms with Gasteiger partial charge < -0.3 is 5.11 Å². The third-order valence-electron chi connectivity index (χ3n) is 2.48. The van der Waals surface area contributed by atoms with E-state index in [0.29, 0.717) is 0 Å². The molecule has 0 spiro atoms. The molecule has 1 N–H and O–H groups in total. The summed E-state index contributed by atoms with van der Waals surface area (Å²) in [6, 6.07) is 0. The molecule has 0 aliphatic heterocycles. The molecule has 0 aromatic heterocycles. The lowest BCUT2D eigenvalue weighted by Crippen LogP contribution is -2.37. The van der Waals surface area contributed by atoms with Crippen molar-refractivity contribution in [2.45, 2.75) is 45.1 Å². The molecule has 1 aliphatic carbocycles. The zero-order valence-corrected chi connectivity index (χ0v) is 7.35. The first-order valence-corrected chi connectivity index (χ1v) is 4.18. The van der Waals surface area contributed by atoms with Gasteiger partial charge in [-0.3, -0.25) is 0 Å². The molecular formula is C10H16O. The molecule has 0 heterocycles. The average molecular weight is 152 g/mol. The van der Waals surface area contributed by atoms with Gasteiger partial charge in [0.05, 0.1) is 0 Å². The smallest absolute Gasteiger partial charge is 0.125 e. The molecule has 0 aromatic rings. The Morgan fingerprint density at radius 3 is 2.36 bits per heavy atom. The Morgan fingerprint density at radius 1 is 1.36 bits per heavy atom. The molecule has 1 fully saturated rings. The second-order valence-electron chi connectivity index (χ2n) is 4.37. The Balaban J connectivity index is 2.69. The predicted octanol–water partition coefficient (Wildman–Crippen LogP) is 1.95. The van der Waals surface area contributed by atoms with Crippen LogP contribution in [0.5, 0.6) is 0 Å². The van der Waals surface area contributed by atoms with Crippen molar-refractivity contribution in [3.05, 3.63) is 0 Å². The number of terminal acetylenes is 1. The zero-order valence-electron chi connectivity index (χ0n) is 7.35. The summed E-state index contributed by atoms with van der Waals surface area (Å²) < 4.78 is 0. The van der Waals surface area contributed by atoms with E-state index in [1.165, 1.54) is 6.42 Å². The number of hydrogen-bond donors (Lipinski definition) is 1. The van der Waals surface area contributed by atoms with Crippen LogP contribution in [0.2, 0.25) is 0 Å². The van der Waals surface area contributed by atoms with Gasteiger partial charge in [-0.25, -0.2) is 0 Å². The highest BCUT2D eigenvalue weighted by Gasteiger charge is 2.36. The van der Waals surface area contributed by atoms with Crippen LogP contribution in [0.4, 0.5) is 0 Å². The monoisotopic (exact) mass is 152 g/mol. The van der Waals surface area contributed by atoms with Gasteiger partial charge in [0.25, 0.3) is 0 Å². The highest BCUT2D eigenvalue weighted by molar-refractivity contribution is 5.10. The van der Waals surface area contributed by atoms with Gasteiger partial charge in [-0.2, -0.15) is 0 Å². The fraction of sp³-hybridized carbons (Fsp3) is 0.800. The van der Waals surface area contributed by atoms with Crippen molar-refractivity contribution in [2.24, 2.45) is 5.41 Å². The van der Waals surface area contributed by atoms with E-state index < -0.39 is 5.60 Å². The molecular weight excluding hydrogens is 136 g/mol. The molecule has 62 valence electrons. The summed E-state index contributed by atoms with van der Waals surface area (Å²) in [5, 5.41) is 9.78. The summed E-state index contributed by atoms with van der Waals surface area (Å²) in [4.78, 5) is 0. The van der Waals surface area contributed by atoms with Gasteiger partial charge in [0.1, 0.15) is 5.60 Å². The summed E-state index contributed by atoms with van der Waals surface area (Å²) in [6.07, 6.45) is 9.00. The van der Waals surface area contributed by atoms with Crippen molar-refractivity contribution in [2.75, 3.05) is 0 Å². The Kier molecular flexibility index (Phi) is 1.98. The standard InChI is InChI=1S/C10H16O/c1-4-10(11)7-5-6-9(2,3)8-10/h1,11H,5-8H2,2-3H3/t10-/m1/s1. The fourth-order valence-corrected chi connectivity index (χ4v) is 1.95. The molecule has 1 atom stereocenters. The summed E-state index contributed by atoms with van der Waals surface area (Å²) in [5.74, 6) is 2.49. The largest absolute Gasteiger partial charge is 0.378 e. The maximum absolute atomic E-state index is 9.78. The molecule has 0 bridgehead atoms. The van der Waals surface area contributed by atoms with E-state index in [2.05, 4.69) is 19.8 Å². The first kappa shape index (κ1) is 8.62. The van der Waals surface area contributed by atoms with E-state index in [1.54, 1.807) is 0 Å². The summed E-state index contributed by atoms with van der Waals surface area (Å²) >= 11 is 0. The Bertz CT molecular complexity index is 188. The number of aliphatic hydroxyl groups is 1. The SMILES string of the molecule is C#C[C@@]1(O)CCCC(C)(C)C1. The van der Waals surface area contributed by atoms with Crippen molar-refractivity contribution in [3.63, 3.8) is 0 Å². The van der Waals surface area contributed by atoms with Crippen LogP contribution < -0.4 is 0 Å². The lowest BCUT2D eigenvalue weighted by Gasteiger charge is -2.38. The van der Waals surface area contributed by atoms with Gasteiger partial charge >= 0.3 is 0 Å². The molecule has 1 nitrogen and oxygen atoms in total. The molecule has 1 saturated carbocycles. The summed E-state index contributed by atoms with van der Waals surface area (Å²) in [5.41, 5.74) is -0.596. The summed E-state index contributed by atoms with van der Waals surface area (Å²) in [6.45, 7) is 4.32. The maximum Gasteiger partial charge on any atom is 0.125 e. The van der Waals surface area contributed by atoms with Crippen molar-refractivity contribution in [1.29, 1.82) is 0 Å². The van der Waals surface area contributed by atoms with Gasteiger partial charge in [0, 0.05) is 0 Å². The number of hydrogen-bond acceptors (Lipinski definition) is 1. The Morgan fingerprint density at radius 2 is 2.00 bits per heavy atom. The molecule has 0 unspecified atom stereocenters. The Hall–Kier alpha value is -0.480. The van der Waals surface area contributed by atoms with Crippen molar-refractivity contribution >= 4 is 0 Å². The van der Waals surface area contributed by atoms with E-state index in [-0.39, 0.29) is 5.41 Å². The molecule has 1 aliphatic rings. The first-order chi connectivity index (χ1) is 4.97. The van der Waals surface area contributed by atoms with Crippen LogP contribution in [0.1, 0.15) is 39.5 Å². The van der Waals surface area contributed by atoms with Crippen LogP contribution in [0.15, 0.2) is 0 Å². The van der Waals surface area contributed by atoms with Crippen LogP contribution in [0, 0.1) is 17.8 Å². The van der Waals surface area contributed by atoms with Crippen LogP contribution in [0.25, 0.3) is 0 Å². The molecule has 0 radical (unpaired) electrons. The average Bonchev–Trinajstić information content (AvgIpc) is 1.85. The van der Waals surface area contributed by atoms with Crippen molar-refractivity contribution < 1.29 is 5.11 Å². The lowest BCUT2D eigenvalue weighted by molar-refractivity contribution is 0.00937. The van der Waals surface area contributed by atoms with E-state index in [0.717, 1.165) is 19.3 Å². The minimum atomic E-state index is -0.818. The molecule has 0 saturated heterocycles. The van der Waals surface area contributed by atoms with Crippen LogP contribution in [0.3, 0.4) is 0 Å². The van der Waals surface area contributed by atoms with Crippen molar-refractivity contribution in [3.8, 4) is 12.3 Å². The first-order valence-electron chi connectivity index (χ1n) is 4.18. The van der Waals surface area contributed by atoms with Crippen LogP contribution in [-0.4, -0.2) is 10.7 Å². The molecule has 1 heteroatoms. The second-order valence-corrected chi connectivity index (χ2v) is 4.37. The highest BCUT2D eigenvalue weighted by atomic mass is 16.3. The van der Waals surface area contributed by atoms with Crippen LogP contribution in [-0.2, 0) is 0 Å². The van der Waals surface area contributed by atoms with Gasteiger partial charge in [-0.15, -0.1) is 6.42 Å². The van der Waals surface area contributed by atoms with Crippen molar-refractivity contribution in [1.82, 2.24) is 0 Å². The minimum absolute atomic E-state index is 0.222. The second kappa shape index (κ2) is 2.53. The third-order valence-corrected chi connectivity index (χ3v) is 2.48. The highest BCUT2D eigenvalue weighted by Crippen LogP contribution is 2.40. The quantitative estimate of drug-likeness (QED) is 0.526. The number of rotatable bonds is 0. The maximum atomic E-state index is 9.78. The zero-order chi connectivity index (χ0) is 8.54. The third kappa shape index (κ3) is 1.97. The van der Waals surface area contributed by atoms with E-state index in [9.17, 15) is 5.11 Å². The van der Waals surface area contributed by atoms with Gasteiger partial charge in [-0.05, 0) is 31.1 Å². The van der Waals surface area contributed by atoms with E-state index >= 15 is 0 Å². The van der Waals surface area contributed by atoms with E-state index in [1.807, 2.05) is 0 Å². The molecule has 11 heavy (non-hydrogen) atoms. The van der Waals surface area contributed by atoms with Gasteiger partial charge in [0.2, 0.25) is 0 Å². The predicted molar refractivity (Wildman–Crippen MR) is 46.0 cm³/mol. The fourth-order valence-electron chi connectivity index (χ4n) is 1.95. The van der Waals surface area contributed by atoms with Gasteiger partial charge in [0.15, 0.2) is 0 Å². The van der Waals surface area contributed by atoms with E-state index in [4.69, 9.17) is 6.42 Å². The Labute approximate surface area is 68.8 Å². The molecule has 0 amide bonds. The van der Waals surface area contributed by atoms with Crippen LogP contribution >= 0.6 is 0 Å². The normalized spacial score (nSPS) is 36.2.